The molecular formula is C28H26Cl2N2O4. The van der Waals surface area contributed by atoms with Gasteiger partial charge in [0.2, 0.25) is 0 Å². The van der Waals surface area contributed by atoms with Crippen molar-refractivity contribution in [1.29, 1.82) is 0 Å². The first-order chi connectivity index (χ1) is 17.3. The molecule has 3 aromatic rings. The molecule has 0 saturated carbocycles. The number of likely N-dealkylation sites (tertiary alicyclic amines) is 1. The van der Waals surface area contributed by atoms with Crippen molar-refractivity contribution in [2.75, 3.05) is 27.2 Å². The van der Waals surface area contributed by atoms with Gasteiger partial charge in [-0.1, -0.05) is 59.6 Å². The van der Waals surface area contributed by atoms with Gasteiger partial charge in [0.25, 0.3) is 11.7 Å². The fourth-order valence-corrected chi connectivity index (χ4v) is 4.58. The number of rotatable bonds is 8. The van der Waals surface area contributed by atoms with Crippen LogP contribution in [0, 0.1) is 0 Å². The number of Topliss-reactive ketones (excluding diaryl/α,β-unsaturated/α-hetero) is 1. The fraction of sp³-hybridized carbons (Fsp3) is 0.214. The Labute approximate surface area is 220 Å². The van der Waals surface area contributed by atoms with E-state index in [1.54, 1.807) is 42.5 Å². The van der Waals surface area contributed by atoms with Crippen molar-refractivity contribution in [2.24, 2.45) is 0 Å². The average molecular weight is 525 g/mol. The Hall–Kier alpha value is -3.32. The van der Waals surface area contributed by atoms with Crippen molar-refractivity contribution in [3.8, 4) is 5.75 Å². The summed E-state index contributed by atoms with van der Waals surface area (Å²) in [6.07, 6.45) is 0. The number of amides is 1. The Morgan fingerprint density at radius 2 is 1.69 bits per heavy atom. The van der Waals surface area contributed by atoms with E-state index in [0.717, 1.165) is 5.56 Å². The minimum atomic E-state index is -0.844. The molecule has 1 unspecified atom stereocenters. The zero-order valence-electron chi connectivity index (χ0n) is 19.9. The molecule has 0 aromatic heterocycles. The number of nitrogens with zero attached hydrogens (tertiary/aromatic N) is 2. The molecule has 4 rings (SSSR count). The molecule has 8 heteroatoms. The zero-order chi connectivity index (χ0) is 25.8. The highest BCUT2D eigenvalue weighted by atomic mass is 35.5. The van der Waals surface area contributed by atoms with Gasteiger partial charge < -0.3 is 19.6 Å². The first-order valence-corrected chi connectivity index (χ1v) is 12.2. The number of carbonyl (C=O) groups is 2. The monoisotopic (exact) mass is 524 g/mol. The summed E-state index contributed by atoms with van der Waals surface area (Å²) in [6.45, 7) is 1.21. The van der Waals surface area contributed by atoms with Crippen LogP contribution in [0.3, 0.4) is 0 Å². The van der Waals surface area contributed by atoms with Crippen molar-refractivity contribution in [1.82, 2.24) is 9.80 Å². The van der Waals surface area contributed by atoms with E-state index in [-0.39, 0.29) is 17.9 Å². The molecule has 1 aliphatic rings. The van der Waals surface area contributed by atoms with Crippen LogP contribution in [0.15, 0.2) is 78.4 Å². The highest BCUT2D eigenvalue weighted by Gasteiger charge is 2.46. The Morgan fingerprint density at radius 1 is 1.00 bits per heavy atom. The second-order valence-corrected chi connectivity index (χ2v) is 9.60. The standard InChI is InChI=1S/C28H26Cl2N2O4/c1-31(2)14-15-32-25(22-13-10-20(29)16-23(22)30)24(27(34)28(32)35)26(33)19-8-11-21(12-9-19)36-17-18-6-4-3-5-7-18/h3-13,16,25,33H,14-15,17H2,1-2H3/b26-24+. The van der Waals surface area contributed by atoms with Crippen molar-refractivity contribution in [3.05, 3.63) is 105 Å². The Kier molecular flexibility index (Phi) is 7.99. The number of hydrogen-bond donors (Lipinski definition) is 1. The lowest BCUT2D eigenvalue weighted by atomic mass is 9.95. The molecule has 1 aliphatic heterocycles. The maximum atomic E-state index is 13.1. The van der Waals surface area contributed by atoms with Crippen molar-refractivity contribution >= 4 is 40.7 Å². The maximum absolute atomic E-state index is 13.1. The summed E-state index contributed by atoms with van der Waals surface area (Å²) in [5.41, 5.74) is 1.93. The number of hydrogen-bond acceptors (Lipinski definition) is 5. The van der Waals surface area contributed by atoms with E-state index in [9.17, 15) is 14.7 Å². The largest absolute Gasteiger partial charge is 0.507 e. The molecule has 6 nitrogen and oxygen atoms in total. The van der Waals surface area contributed by atoms with Crippen LogP contribution in [0.2, 0.25) is 10.0 Å². The number of benzene rings is 3. The van der Waals surface area contributed by atoms with E-state index in [1.165, 1.54) is 4.90 Å². The summed E-state index contributed by atoms with van der Waals surface area (Å²) < 4.78 is 5.82. The van der Waals surface area contributed by atoms with Gasteiger partial charge in [0, 0.05) is 28.7 Å². The van der Waals surface area contributed by atoms with Crippen molar-refractivity contribution in [3.63, 3.8) is 0 Å². The molecule has 1 N–H and O–H groups in total. The minimum absolute atomic E-state index is 0.0130. The van der Waals surface area contributed by atoms with E-state index in [1.807, 2.05) is 49.3 Å². The maximum Gasteiger partial charge on any atom is 0.295 e. The number of ether oxygens (including phenoxy) is 1. The minimum Gasteiger partial charge on any atom is -0.507 e. The van der Waals surface area contributed by atoms with E-state index in [4.69, 9.17) is 27.9 Å². The van der Waals surface area contributed by atoms with E-state index >= 15 is 0 Å². The molecule has 0 spiro atoms. The Balaban J connectivity index is 1.68. The van der Waals surface area contributed by atoms with Crippen LogP contribution < -0.4 is 4.74 Å². The van der Waals surface area contributed by atoms with E-state index in [2.05, 4.69) is 0 Å². The fourth-order valence-electron chi connectivity index (χ4n) is 4.07. The van der Waals surface area contributed by atoms with Crippen LogP contribution in [0.1, 0.15) is 22.7 Å². The van der Waals surface area contributed by atoms with Crippen molar-refractivity contribution < 1.29 is 19.4 Å². The van der Waals surface area contributed by atoms with Crippen LogP contribution in [-0.4, -0.2) is 53.8 Å². The van der Waals surface area contributed by atoms with Crippen molar-refractivity contribution in [2.45, 2.75) is 12.6 Å². The van der Waals surface area contributed by atoms with Gasteiger partial charge in [0.05, 0.1) is 11.6 Å². The van der Waals surface area contributed by atoms with Gasteiger partial charge in [-0.15, -0.1) is 0 Å². The lowest BCUT2D eigenvalue weighted by Gasteiger charge is -2.27. The molecule has 1 atom stereocenters. The number of likely N-dealkylation sites (N-methyl/N-ethyl adjacent to an activating group) is 1. The number of halogens is 2. The first kappa shape index (κ1) is 25.8. The van der Waals surface area contributed by atoms with Crippen LogP contribution in [0.25, 0.3) is 5.76 Å². The van der Waals surface area contributed by atoms with Gasteiger partial charge in [0.15, 0.2) is 0 Å². The van der Waals surface area contributed by atoms with Gasteiger partial charge in [-0.05, 0) is 61.6 Å². The van der Waals surface area contributed by atoms with Crippen LogP contribution >= 0.6 is 23.2 Å². The second kappa shape index (κ2) is 11.2. The highest BCUT2D eigenvalue weighted by molar-refractivity contribution is 6.47. The molecule has 1 saturated heterocycles. The van der Waals surface area contributed by atoms with Crippen LogP contribution in [-0.2, 0) is 16.2 Å². The van der Waals surface area contributed by atoms with E-state index < -0.39 is 17.7 Å². The number of aliphatic hydroxyl groups is 1. The summed E-state index contributed by atoms with van der Waals surface area (Å²) in [5.74, 6) is -1.10. The smallest absolute Gasteiger partial charge is 0.295 e. The number of ketones is 1. The molecule has 1 heterocycles. The molecule has 0 aliphatic carbocycles. The Bertz CT molecular complexity index is 1290. The summed E-state index contributed by atoms with van der Waals surface area (Å²) in [4.78, 5) is 29.5. The molecule has 36 heavy (non-hydrogen) atoms. The van der Waals surface area contributed by atoms with Gasteiger partial charge in [0.1, 0.15) is 18.1 Å². The van der Waals surface area contributed by atoms with Gasteiger partial charge in [-0.2, -0.15) is 0 Å². The molecule has 186 valence electrons. The van der Waals surface area contributed by atoms with Gasteiger partial charge in [-0.3, -0.25) is 9.59 Å². The first-order valence-electron chi connectivity index (χ1n) is 11.4. The third kappa shape index (κ3) is 5.57. The predicted molar refractivity (Wildman–Crippen MR) is 141 cm³/mol. The lowest BCUT2D eigenvalue weighted by Crippen LogP contribution is -2.35. The quantitative estimate of drug-likeness (QED) is 0.237. The molecule has 3 aromatic carbocycles. The SMILES string of the molecule is CN(C)CCN1C(=O)C(=O)/C(=C(/O)c2ccc(OCc3ccccc3)cc2)C1c1ccc(Cl)cc1Cl. The molecule has 0 bridgehead atoms. The lowest BCUT2D eigenvalue weighted by molar-refractivity contribution is -0.140. The highest BCUT2D eigenvalue weighted by Crippen LogP contribution is 2.42. The Morgan fingerprint density at radius 3 is 2.33 bits per heavy atom. The molecule has 1 fully saturated rings. The third-order valence-electron chi connectivity index (χ3n) is 5.96. The zero-order valence-corrected chi connectivity index (χ0v) is 21.5. The summed E-state index contributed by atoms with van der Waals surface area (Å²) >= 11 is 12.6. The molecule has 1 amide bonds. The number of aliphatic hydroxyl groups excluding tert-OH is 1. The summed E-state index contributed by atoms with van der Waals surface area (Å²) in [5, 5.41) is 12.0. The molecular weight excluding hydrogens is 499 g/mol. The molecule has 0 radical (unpaired) electrons. The van der Waals surface area contributed by atoms with Gasteiger partial charge in [-0.25, -0.2) is 0 Å². The normalized spacial score (nSPS) is 17.1. The van der Waals surface area contributed by atoms with E-state index in [0.29, 0.717) is 40.1 Å². The average Bonchev–Trinajstić information content (AvgIpc) is 3.11. The van der Waals surface area contributed by atoms with Crippen LogP contribution in [0.4, 0.5) is 0 Å². The second-order valence-electron chi connectivity index (χ2n) is 8.76. The van der Waals surface area contributed by atoms with Gasteiger partial charge >= 0.3 is 0 Å². The number of carbonyl (C=O) groups excluding carboxylic acids is 2. The third-order valence-corrected chi connectivity index (χ3v) is 6.52. The summed E-state index contributed by atoms with van der Waals surface area (Å²) in [6, 6.07) is 20.5. The predicted octanol–water partition coefficient (Wildman–Crippen LogP) is 5.56. The summed E-state index contributed by atoms with van der Waals surface area (Å²) in [7, 11) is 3.75. The topological polar surface area (TPSA) is 70.1 Å². The van der Waals surface area contributed by atoms with Crippen LogP contribution in [0.5, 0.6) is 5.75 Å².